The van der Waals surface area contributed by atoms with Crippen molar-refractivity contribution in [1.29, 1.82) is 0 Å². The van der Waals surface area contributed by atoms with Crippen LogP contribution in [0.15, 0.2) is 121 Å². The quantitative estimate of drug-likeness (QED) is 0.153. The van der Waals surface area contributed by atoms with Gasteiger partial charge in [-0.15, -0.1) is 12.8 Å². The molecule has 4 aromatic carbocycles. The summed E-state index contributed by atoms with van der Waals surface area (Å²) in [7, 11) is 0. The molecule has 1 aliphatic rings. The monoisotopic (exact) mass is 557 g/mol. The predicted molar refractivity (Wildman–Crippen MR) is 170 cm³/mol. The molecule has 42 heavy (non-hydrogen) atoms. The topological polar surface area (TPSA) is 61.9 Å². The zero-order chi connectivity index (χ0) is 29.7. The zero-order valence-corrected chi connectivity index (χ0v) is 23.8. The SMILES string of the molecule is C#C.C/C(C(=O)N1CCN(c2ccccc2)CC1)=C(\OCc1ccccc1)c1ccc(NC(=O)c2ccccc2)cc1. The van der Waals surface area contributed by atoms with Crippen LogP contribution < -0.4 is 10.2 Å². The van der Waals surface area contributed by atoms with Crippen molar-refractivity contribution in [2.45, 2.75) is 13.5 Å². The molecule has 0 radical (unpaired) electrons. The highest BCUT2D eigenvalue weighted by Crippen LogP contribution is 2.26. The minimum atomic E-state index is -0.176. The van der Waals surface area contributed by atoms with Gasteiger partial charge in [0.15, 0.2) is 0 Å². The van der Waals surface area contributed by atoms with Crippen LogP contribution in [0.5, 0.6) is 0 Å². The Bertz CT molecular complexity index is 1490. The molecule has 212 valence electrons. The number of nitrogens with one attached hydrogen (secondary N) is 1. The van der Waals surface area contributed by atoms with Gasteiger partial charge in [-0.1, -0.05) is 66.7 Å². The second-order valence-electron chi connectivity index (χ2n) is 9.74. The summed E-state index contributed by atoms with van der Waals surface area (Å²) >= 11 is 0. The van der Waals surface area contributed by atoms with Gasteiger partial charge in [0.2, 0.25) is 0 Å². The Morgan fingerprint density at radius 3 is 1.86 bits per heavy atom. The fraction of sp³-hybridized carbons (Fsp3) is 0.167. The molecule has 1 N–H and O–H groups in total. The summed E-state index contributed by atoms with van der Waals surface area (Å²) in [4.78, 5) is 30.4. The summed E-state index contributed by atoms with van der Waals surface area (Å²) in [5.41, 5.74) is 4.79. The van der Waals surface area contributed by atoms with Gasteiger partial charge in [0.1, 0.15) is 12.4 Å². The van der Waals surface area contributed by atoms with E-state index in [9.17, 15) is 9.59 Å². The van der Waals surface area contributed by atoms with E-state index in [1.807, 2.05) is 103 Å². The average Bonchev–Trinajstić information content (AvgIpc) is 3.07. The molecular weight excluding hydrogens is 522 g/mol. The van der Waals surface area contributed by atoms with Crippen LogP contribution in [-0.2, 0) is 16.1 Å². The maximum atomic E-state index is 13.6. The molecule has 0 aromatic heterocycles. The molecule has 0 atom stereocenters. The van der Waals surface area contributed by atoms with Crippen LogP contribution >= 0.6 is 0 Å². The molecule has 1 aliphatic heterocycles. The number of amides is 2. The van der Waals surface area contributed by atoms with Crippen molar-refractivity contribution in [2.75, 3.05) is 36.4 Å². The maximum absolute atomic E-state index is 13.6. The average molecular weight is 558 g/mol. The van der Waals surface area contributed by atoms with E-state index in [-0.39, 0.29) is 11.8 Å². The Labute approximate surface area is 248 Å². The number of para-hydroxylation sites is 1. The lowest BCUT2D eigenvalue weighted by Gasteiger charge is -2.36. The molecule has 1 heterocycles. The number of terminal acetylenes is 1. The molecule has 0 bridgehead atoms. The summed E-state index contributed by atoms with van der Waals surface area (Å²) in [6, 6.07) is 36.7. The van der Waals surface area contributed by atoms with Gasteiger partial charge < -0.3 is 19.9 Å². The van der Waals surface area contributed by atoms with E-state index >= 15 is 0 Å². The van der Waals surface area contributed by atoms with E-state index < -0.39 is 0 Å². The number of rotatable bonds is 8. The van der Waals surface area contributed by atoms with E-state index in [1.165, 1.54) is 5.69 Å². The second-order valence-corrected chi connectivity index (χ2v) is 9.74. The van der Waals surface area contributed by atoms with Gasteiger partial charge in [-0.3, -0.25) is 9.59 Å². The van der Waals surface area contributed by atoms with Crippen LogP contribution in [0.1, 0.15) is 28.4 Å². The van der Waals surface area contributed by atoms with Crippen molar-refractivity contribution < 1.29 is 14.3 Å². The van der Waals surface area contributed by atoms with Crippen LogP contribution in [0, 0.1) is 12.8 Å². The summed E-state index contributed by atoms with van der Waals surface area (Å²) < 4.78 is 6.30. The highest BCUT2D eigenvalue weighted by atomic mass is 16.5. The Balaban J connectivity index is 0.00000198. The molecular formula is C36H35N3O3. The van der Waals surface area contributed by atoms with E-state index in [0.29, 0.717) is 42.3 Å². The van der Waals surface area contributed by atoms with Crippen molar-refractivity contribution in [3.05, 3.63) is 138 Å². The summed E-state index contributed by atoms with van der Waals surface area (Å²) in [6.45, 7) is 5.01. The first-order chi connectivity index (χ1) is 20.6. The van der Waals surface area contributed by atoms with Crippen LogP contribution in [0.25, 0.3) is 5.76 Å². The fourth-order valence-electron chi connectivity index (χ4n) is 4.78. The number of hydrogen-bond donors (Lipinski definition) is 1. The Hall–Kier alpha value is -5.28. The van der Waals surface area contributed by atoms with Crippen molar-refractivity contribution in [3.8, 4) is 12.8 Å². The van der Waals surface area contributed by atoms with Gasteiger partial charge in [-0.2, -0.15) is 0 Å². The van der Waals surface area contributed by atoms with Crippen molar-refractivity contribution in [3.63, 3.8) is 0 Å². The smallest absolute Gasteiger partial charge is 0.255 e. The van der Waals surface area contributed by atoms with Crippen LogP contribution in [0.2, 0.25) is 0 Å². The van der Waals surface area contributed by atoms with Gasteiger partial charge in [-0.25, -0.2) is 0 Å². The van der Waals surface area contributed by atoms with Crippen LogP contribution in [0.3, 0.4) is 0 Å². The van der Waals surface area contributed by atoms with E-state index in [1.54, 1.807) is 12.1 Å². The Kier molecular flexibility index (Phi) is 10.6. The number of nitrogens with zero attached hydrogens (tertiary/aromatic N) is 2. The molecule has 0 spiro atoms. The number of piperazine rings is 1. The first-order valence-electron chi connectivity index (χ1n) is 13.9. The lowest BCUT2D eigenvalue weighted by molar-refractivity contribution is -0.127. The molecule has 0 saturated carbocycles. The number of hydrogen-bond acceptors (Lipinski definition) is 4. The summed E-state index contributed by atoms with van der Waals surface area (Å²) in [5, 5.41) is 2.93. The number of carbonyl (C=O) groups is 2. The molecule has 1 fully saturated rings. The number of carbonyl (C=O) groups excluding carboxylic acids is 2. The fourth-order valence-corrected chi connectivity index (χ4v) is 4.78. The molecule has 2 amide bonds. The van der Waals surface area contributed by atoms with Crippen molar-refractivity contribution in [1.82, 2.24) is 4.90 Å². The van der Waals surface area contributed by atoms with Crippen molar-refractivity contribution >= 4 is 28.9 Å². The molecule has 6 nitrogen and oxygen atoms in total. The van der Waals surface area contributed by atoms with E-state index in [4.69, 9.17) is 4.74 Å². The standard InChI is InChI=1S/C34H33N3O3.C2H2/c1-26(34(39)37-23-21-36(22-24-37)31-15-9-4-10-16-31)32(40-25-27-11-5-2-6-12-27)28-17-19-30(20-18-28)35-33(38)29-13-7-3-8-14-29;1-2/h2-20H,21-25H2,1H3,(H,35,38);1-2H/b32-26+;. The number of benzene rings is 4. The maximum Gasteiger partial charge on any atom is 0.255 e. The first kappa shape index (κ1) is 29.7. The third-order valence-electron chi connectivity index (χ3n) is 7.02. The van der Waals surface area contributed by atoms with E-state index in [2.05, 4.69) is 35.2 Å². The van der Waals surface area contributed by atoms with Gasteiger partial charge >= 0.3 is 0 Å². The molecule has 5 rings (SSSR count). The minimum Gasteiger partial charge on any atom is -0.488 e. The zero-order valence-electron chi connectivity index (χ0n) is 23.8. The molecule has 0 aliphatic carbocycles. The molecule has 6 heteroatoms. The number of ether oxygens (including phenoxy) is 1. The Morgan fingerprint density at radius 2 is 1.26 bits per heavy atom. The van der Waals surface area contributed by atoms with Gasteiger partial charge in [0.25, 0.3) is 11.8 Å². The van der Waals surface area contributed by atoms with Crippen LogP contribution in [0.4, 0.5) is 11.4 Å². The largest absolute Gasteiger partial charge is 0.488 e. The van der Waals surface area contributed by atoms with Gasteiger partial charge in [0, 0.05) is 48.7 Å². The lowest BCUT2D eigenvalue weighted by atomic mass is 10.1. The summed E-state index contributed by atoms with van der Waals surface area (Å²) in [6.07, 6.45) is 8.00. The van der Waals surface area contributed by atoms with Crippen molar-refractivity contribution in [2.24, 2.45) is 0 Å². The Morgan fingerprint density at radius 1 is 0.714 bits per heavy atom. The molecule has 0 unspecified atom stereocenters. The second kappa shape index (κ2) is 14.9. The highest BCUT2D eigenvalue weighted by Gasteiger charge is 2.25. The minimum absolute atomic E-state index is 0.0303. The molecule has 1 saturated heterocycles. The number of anilines is 2. The summed E-state index contributed by atoms with van der Waals surface area (Å²) in [5.74, 6) is 0.336. The normalized spacial score (nSPS) is 13.2. The lowest BCUT2D eigenvalue weighted by Crippen LogP contribution is -2.49. The third-order valence-corrected chi connectivity index (χ3v) is 7.02. The van der Waals surface area contributed by atoms with E-state index in [0.717, 1.165) is 24.2 Å². The van der Waals surface area contributed by atoms with Crippen LogP contribution in [-0.4, -0.2) is 42.9 Å². The van der Waals surface area contributed by atoms with Gasteiger partial charge in [0.05, 0.1) is 5.57 Å². The molecule has 4 aromatic rings. The predicted octanol–water partition coefficient (Wildman–Crippen LogP) is 6.48. The highest BCUT2D eigenvalue weighted by molar-refractivity contribution is 6.04. The third kappa shape index (κ3) is 7.67. The first-order valence-corrected chi connectivity index (χ1v) is 13.9. The van der Waals surface area contributed by atoms with Gasteiger partial charge in [-0.05, 0) is 61.0 Å².